The van der Waals surface area contributed by atoms with E-state index in [1.54, 1.807) is 26.4 Å². The monoisotopic (exact) mass is 301 g/mol. The summed E-state index contributed by atoms with van der Waals surface area (Å²) in [7, 11) is 3.14. The maximum Gasteiger partial charge on any atom is 0.163 e. The van der Waals surface area contributed by atoms with Crippen LogP contribution in [0.15, 0.2) is 30.3 Å². The van der Waals surface area contributed by atoms with Gasteiger partial charge in [0.2, 0.25) is 0 Å². The van der Waals surface area contributed by atoms with Crippen LogP contribution in [0.3, 0.4) is 0 Å². The number of nitrogen functional groups attached to an aromatic ring is 1. The fraction of sp³-hybridized carbons (Fsp3) is 0.188. The van der Waals surface area contributed by atoms with Crippen molar-refractivity contribution in [1.82, 2.24) is 9.55 Å². The fourth-order valence-electron chi connectivity index (χ4n) is 2.51. The van der Waals surface area contributed by atoms with E-state index in [9.17, 15) is 4.39 Å². The summed E-state index contributed by atoms with van der Waals surface area (Å²) in [6, 6.07) is 8.30. The summed E-state index contributed by atoms with van der Waals surface area (Å²) in [5, 5.41) is 0. The van der Waals surface area contributed by atoms with Gasteiger partial charge < -0.3 is 15.2 Å². The van der Waals surface area contributed by atoms with Gasteiger partial charge in [-0.1, -0.05) is 0 Å². The minimum Gasteiger partial charge on any atom is -0.493 e. The molecule has 0 aliphatic rings. The average Bonchev–Trinajstić information content (AvgIpc) is 2.83. The Morgan fingerprint density at radius 2 is 1.77 bits per heavy atom. The van der Waals surface area contributed by atoms with E-state index >= 15 is 0 Å². The van der Waals surface area contributed by atoms with Gasteiger partial charge in [-0.2, -0.15) is 0 Å². The zero-order chi connectivity index (χ0) is 15.9. The first-order valence-corrected chi connectivity index (χ1v) is 6.71. The van der Waals surface area contributed by atoms with Crippen molar-refractivity contribution in [2.45, 2.75) is 6.92 Å². The summed E-state index contributed by atoms with van der Waals surface area (Å²) in [5.41, 5.74) is 7.86. The molecule has 1 heterocycles. The highest BCUT2D eigenvalue weighted by molar-refractivity contribution is 5.82. The fourth-order valence-corrected chi connectivity index (χ4v) is 2.51. The maximum atomic E-state index is 13.8. The molecule has 0 atom stereocenters. The number of hydrogen-bond donors (Lipinski definition) is 1. The van der Waals surface area contributed by atoms with E-state index in [0.717, 1.165) is 16.9 Å². The molecule has 114 valence electrons. The third kappa shape index (κ3) is 2.13. The van der Waals surface area contributed by atoms with Crippen LogP contribution in [-0.2, 0) is 0 Å². The number of rotatable bonds is 3. The van der Waals surface area contributed by atoms with Crippen molar-refractivity contribution in [3.63, 3.8) is 0 Å². The summed E-state index contributed by atoms with van der Waals surface area (Å²) in [4.78, 5) is 4.50. The molecule has 0 saturated heterocycles. The van der Waals surface area contributed by atoms with Gasteiger partial charge in [-0.3, -0.25) is 4.57 Å². The molecule has 6 heteroatoms. The predicted molar refractivity (Wildman–Crippen MR) is 83.3 cm³/mol. The lowest BCUT2D eigenvalue weighted by atomic mass is 10.2. The Balaban J connectivity index is 2.29. The van der Waals surface area contributed by atoms with Gasteiger partial charge in [-0.25, -0.2) is 9.37 Å². The molecule has 5 nitrogen and oxygen atoms in total. The van der Waals surface area contributed by atoms with Crippen molar-refractivity contribution < 1.29 is 13.9 Å². The molecule has 22 heavy (non-hydrogen) atoms. The molecule has 0 aliphatic heterocycles. The first-order chi connectivity index (χ1) is 10.5. The van der Waals surface area contributed by atoms with Gasteiger partial charge in [0.25, 0.3) is 0 Å². The van der Waals surface area contributed by atoms with Gasteiger partial charge in [0, 0.05) is 18.2 Å². The highest BCUT2D eigenvalue weighted by atomic mass is 19.1. The first kappa shape index (κ1) is 14.2. The Bertz CT molecular complexity index is 858. The number of hydrogen-bond acceptors (Lipinski definition) is 4. The molecule has 0 spiro atoms. The van der Waals surface area contributed by atoms with Crippen molar-refractivity contribution in [2.24, 2.45) is 0 Å². The molecule has 3 rings (SSSR count). The molecule has 0 amide bonds. The maximum absolute atomic E-state index is 13.8. The molecular formula is C16H16FN3O2. The number of methoxy groups -OCH3 is 2. The molecule has 2 aromatic carbocycles. The molecule has 0 fully saturated rings. The summed E-state index contributed by atoms with van der Waals surface area (Å²) in [6.45, 7) is 1.85. The van der Waals surface area contributed by atoms with E-state index in [1.165, 1.54) is 12.1 Å². The van der Waals surface area contributed by atoms with Gasteiger partial charge in [-0.15, -0.1) is 0 Å². The summed E-state index contributed by atoms with van der Waals surface area (Å²) < 4.78 is 26.2. The number of aromatic nitrogens is 2. The topological polar surface area (TPSA) is 62.3 Å². The first-order valence-electron chi connectivity index (χ1n) is 6.71. The summed E-state index contributed by atoms with van der Waals surface area (Å²) in [6.07, 6.45) is 0. The number of aryl methyl sites for hydroxylation is 1. The molecule has 0 radical (unpaired) electrons. The SMILES string of the molecule is COc1cc2nc(C)n(-c3ccc(N)c(F)c3)c2cc1OC. The van der Waals surface area contributed by atoms with Crippen molar-refractivity contribution in [1.29, 1.82) is 0 Å². The van der Waals surface area contributed by atoms with E-state index < -0.39 is 5.82 Å². The van der Waals surface area contributed by atoms with Crippen molar-refractivity contribution in [2.75, 3.05) is 20.0 Å². The van der Waals surface area contributed by atoms with Crippen LogP contribution in [0, 0.1) is 12.7 Å². The lowest BCUT2D eigenvalue weighted by Gasteiger charge is -2.10. The van der Waals surface area contributed by atoms with Crippen LogP contribution in [0.1, 0.15) is 5.82 Å². The number of fused-ring (bicyclic) bond motifs is 1. The van der Waals surface area contributed by atoms with Crippen LogP contribution in [0.25, 0.3) is 16.7 Å². The van der Waals surface area contributed by atoms with E-state index in [-0.39, 0.29) is 5.69 Å². The Kier molecular flexibility index (Phi) is 3.36. The van der Waals surface area contributed by atoms with Crippen LogP contribution in [0.4, 0.5) is 10.1 Å². The number of nitrogens with zero attached hydrogens (tertiary/aromatic N) is 2. The Labute approximate surface area is 127 Å². The Morgan fingerprint density at radius 1 is 1.09 bits per heavy atom. The molecule has 1 aromatic heterocycles. The minimum absolute atomic E-state index is 0.116. The minimum atomic E-state index is -0.459. The van der Waals surface area contributed by atoms with Gasteiger partial charge in [0.15, 0.2) is 11.5 Å². The number of halogens is 1. The number of benzene rings is 2. The van der Waals surface area contributed by atoms with Gasteiger partial charge in [0.05, 0.1) is 36.6 Å². The Hall–Kier alpha value is -2.76. The van der Waals surface area contributed by atoms with Crippen molar-refractivity contribution >= 4 is 16.7 Å². The highest BCUT2D eigenvalue weighted by Crippen LogP contribution is 2.33. The lowest BCUT2D eigenvalue weighted by molar-refractivity contribution is 0.355. The molecular weight excluding hydrogens is 285 g/mol. The highest BCUT2D eigenvalue weighted by Gasteiger charge is 2.15. The van der Waals surface area contributed by atoms with E-state index in [0.29, 0.717) is 17.2 Å². The molecule has 0 unspecified atom stereocenters. The average molecular weight is 301 g/mol. The summed E-state index contributed by atoms with van der Waals surface area (Å²) >= 11 is 0. The quantitative estimate of drug-likeness (QED) is 0.755. The third-order valence-electron chi connectivity index (χ3n) is 3.57. The second-order valence-electron chi connectivity index (χ2n) is 4.90. The number of anilines is 1. The van der Waals surface area contributed by atoms with Crippen LogP contribution in [0.5, 0.6) is 11.5 Å². The van der Waals surface area contributed by atoms with Crippen LogP contribution in [-0.4, -0.2) is 23.8 Å². The molecule has 0 aliphatic carbocycles. The second-order valence-corrected chi connectivity index (χ2v) is 4.90. The van der Waals surface area contributed by atoms with Crippen LogP contribution < -0.4 is 15.2 Å². The lowest BCUT2D eigenvalue weighted by Crippen LogP contribution is -2.00. The zero-order valence-corrected chi connectivity index (χ0v) is 12.6. The second kappa shape index (κ2) is 5.22. The number of imidazole rings is 1. The Morgan fingerprint density at radius 3 is 2.41 bits per heavy atom. The normalized spacial score (nSPS) is 10.9. The van der Waals surface area contributed by atoms with Crippen molar-refractivity contribution in [3.8, 4) is 17.2 Å². The number of nitrogens with two attached hydrogens (primary N) is 1. The van der Waals surface area contributed by atoms with Crippen LogP contribution in [0.2, 0.25) is 0 Å². The molecule has 0 bridgehead atoms. The largest absolute Gasteiger partial charge is 0.493 e. The summed E-state index contributed by atoms with van der Waals surface area (Å²) in [5.74, 6) is 1.46. The standard InChI is InChI=1S/C16H16FN3O2/c1-9-19-13-7-15(21-2)16(22-3)8-14(13)20(9)10-4-5-12(18)11(17)6-10/h4-8H,18H2,1-3H3. The van der Waals surface area contributed by atoms with Gasteiger partial charge >= 0.3 is 0 Å². The zero-order valence-electron chi connectivity index (χ0n) is 12.6. The van der Waals surface area contributed by atoms with Gasteiger partial charge in [0.1, 0.15) is 11.6 Å². The van der Waals surface area contributed by atoms with E-state index in [1.807, 2.05) is 17.6 Å². The molecule has 2 N–H and O–H groups in total. The third-order valence-corrected chi connectivity index (χ3v) is 3.57. The van der Waals surface area contributed by atoms with E-state index in [2.05, 4.69) is 4.98 Å². The van der Waals surface area contributed by atoms with Crippen molar-refractivity contribution in [3.05, 3.63) is 42.0 Å². The molecule has 3 aromatic rings. The smallest absolute Gasteiger partial charge is 0.163 e. The predicted octanol–water partition coefficient (Wildman–Crippen LogP) is 3.07. The van der Waals surface area contributed by atoms with Crippen LogP contribution >= 0.6 is 0 Å². The number of ether oxygens (including phenoxy) is 2. The molecule has 0 saturated carbocycles. The van der Waals surface area contributed by atoms with E-state index in [4.69, 9.17) is 15.2 Å². The van der Waals surface area contributed by atoms with Gasteiger partial charge in [-0.05, 0) is 19.1 Å².